The number of allylic oxidation sites excluding steroid dienone is 1. The van der Waals surface area contributed by atoms with Crippen molar-refractivity contribution in [2.24, 2.45) is 5.84 Å². The van der Waals surface area contributed by atoms with Gasteiger partial charge in [0.1, 0.15) is 5.69 Å². The molecule has 0 aliphatic rings. The second kappa shape index (κ2) is 18.9. The molecule has 0 bridgehead atoms. The number of nitrogens with one attached hydrogen (secondary N) is 2. The van der Waals surface area contributed by atoms with Gasteiger partial charge in [-0.25, -0.2) is 27.0 Å². The molecule has 0 fully saturated rings. The van der Waals surface area contributed by atoms with Crippen LogP contribution in [0.15, 0.2) is 59.1 Å². The molecule has 0 aliphatic heterocycles. The molecule has 2 aromatic carbocycles. The number of Topliss-reactive ketones (excluding diaryl/α,β-unsaturated/α-hetero) is 1. The summed E-state index contributed by atoms with van der Waals surface area (Å²) in [4.78, 5) is 43.7. The Kier molecular flexibility index (Phi) is 17.3. The van der Waals surface area contributed by atoms with Crippen LogP contribution in [0, 0.1) is 23.3 Å². The Labute approximate surface area is 267 Å². The van der Waals surface area contributed by atoms with E-state index < -0.39 is 52.4 Å². The molecule has 1 heterocycles. The Morgan fingerprint density at radius 3 is 1.98 bits per heavy atom. The first kappa shape index (κ1) is 39.4. The van der Waals surface area contributed by atoms with Gasteiger partial charge >= 0.3 is 35.5 Å². The molecular weight excluding hydrogens is 587 g/mol. The van der Waals surface area contributed by atoms with Crippen molar-refractivity contribution in [2.75, 3.05) is 6.61 Å². The van der Waals surface area contributed by atoms with E-state index in [1.807, 2.05) is 0 Å². The van der Waals surface area contributed by atoms with Crippen molar-refractivity contribution >= 4 is 17.5 Å². The summed E-state index contributed by atoms with van der Waals surface area (Å²) < 4.78 is 57.9. The quantitative estimate of drug-likeness (QED) is 0.0470. The Morgan fingerprint density at radius 1 is 1.02 bits per heavy atom. The number of nitrogens with two attached hydrogens (primary N) is 1. The van der Waals surface area contributed by atoms with Gasteiger partial charge in [0.15, 0.2) is 34.8 Å². The third-order valence-electron chi connectivity index (χ3n) is 5.45. The average molecular weight is 619 g/mol. The number of H-pyrrole nitrogens is 1. The number of halogens is 4. The molecule has 2 atom stereocenters. The van der Waals surface area contributed by atoms with Crippen molar-refractivity contribution in [1.29, 1.82) is 0 Å². The van der Waals surface area contributed by atoms with Crippen molar-refractivity contribution in [2.45, 2.75) is 46.7 Å². The minimum absolute atomic E-state index is 0. The molecule has 0 amide bonds. The van der Waals surface area contributed by atoms with Gasteiger partial charge in [-0.15, -0.1) is 0 Å². The largest absolute Gasteiger partial charge is 1.00 e. The van der Waals surface area contributed by atoms with Gasteiger partial charge < -0.3 is 9.84 Å². The monoisotopic (exact) mass is 618 g/mol. The van der Waals surface area contributed by atoms with E-state index in [4.69, 9.17) is 5.84 Å². The Morgan fingerprint density at radius 2 is 1.53 bits per heavy atom. The number of hydrazine groups is 1. The van der Waals surface area contributed by atoms with E-state index in [0.717, 1.165) is 22.9 Å². The number of ketones is 2. The molecule has 0 saturated heterocycles. The Balaban J connectivity index is 0.000000644. The van der Waals surface area contributed by atoms with E-state index in [1.54, 1.807) is 20.8 Å². The third kappa shape index (κ3) is 11.9. The number of ether oxygens (including phenoxy) is 1. The first-order chi connectivity index (χ1) is 19.7. The smallest absolute Gasteiger partial charge is 0.868 e. The maximum atomic E-state index is 13.7. The fraction of sp³-hybridized carbons (Fsp3) is 0.286. The van der Waals surface area contributed by atoms with Crippen LogP contribution in [-0.4, -0.2) is 33.9 Å². The van der Waals surface area contributed by atoms with Crippen LogP contribution < -0.4 is 51.5 Å². The van der Waals surface area contributed by atoms with Crippen molar-refractivity contribution < 1.29 is 71.3 Å². The summed E-state index contributed by atoms with van der Waals surface area (Å²) in [5.41, 5.74) is 2.28. The molecular formula is C28H31F4N4NaO6. The fourth-order valence-corrected chi connectivity index (χ4v) is 3.25. The minimum atomic E-state index is -0.999. The number of aromatic nitrogens is 2. The summed E-state index contributed by atoms with van der Waals surface area (Å²) in [5.74, 6) is -1.23. The Bertz CT molecular complexity index is 1490. The molecule has 0 radical (unpaired) electrons. The van der Waals surface area contributed by atoms with E-state index in [2.05, 4.69) is 15.3 Å². The maximum absolute atomic E-state index is 13.7. The molecule has 0 saturated carbocycles. The summed E-state index contributed by atoms with van der Waals surface area (Å²) in [5, 5.41) is 13.2. The second-order valence-corrected chi connectivity index (χ2v) is 8.62. The number of rotatable bonds is 8. The van der Waals surface area contributed by atoms with E-state index in [1.165, 1.54) is 38.1 Å². The van der Waals surface area contributed by atoms with E-state index in [9.17, 15) is 41.8 Å². The van der Waals surface area contributed by atoms with Crippen molar-refractivity contribution in [3.63, 3.8) is 0 Å². The molecule has 4 N–H and O–H groups in total. The molecule has 2 unspecified atom stereocenters. The molecule has 3 aromatic rings. The first-order valence-corrected chi connectivity index (χ1v) is 12.4. The normalized spacial score (nSPS) is 11.9. The predicted molar refractivity (Wildman–Crippen MR) is 143 cm³/mol. The number of esters is 1. The van der Waals surface area contributed by atoms with Crippen LogP contribution in [0.5, 0.6) is 0 Å². The zero-order chi connectivity index (χ0) is 32.1. The van der Waals surface area contributed by atoms with Gasteiger partial charge in [0, 0.05) is 30.2 Å². The Hall–Kier alpha value is -3.56. The topological polar surface area (TPSA) is 159 Å². The number of hydrogen-bond acceptors (Lipinski definition) is 8. The summed E-state index contributed by atoms with van der Waals surface area (Å²) in [7, 11) is 0. The van der Waals surface area contributed by atoms with Crippen LogP contribution in [0.1, 0.15) is 68.3 Å². The van der Waals surface area contributed by atoms with Crippen molar-refractivity contribution in [3.05, 3.63) is 105 Å². The second-order valence-electron chi connectivity index (χ2n) is 8.62. The molecule has 1 aromatic heterocycles. The number of nitrogens with zero attached hydrogens (tertiary/aromatic N) is 1. The molecule has 15 heteroatoms. The van der Waals surface area contributed by atoms with Crippen LogP contribution in [0.4, 0.5) is 17.6 Å². The van der Waals surface area contributed by atoms with Crippen LogP contribution in [-0.2, 0) is 14.3 Å². The minimum Gasteiger partial charge on any atom is -0.868 e. The molecule has 0 aliphatic carbocycles. The molecule has 0 spiro atoms. The molecule has 228 valence electrons. The summed E-state index contributed by atoms with van der Waals surface area (Å²) in [6.07, 6.45) is 0.706. The van der Waals surface area contributed by atoms with Crippen LogP contribution in [0.3, 0.4) is 0 Å². The first-order valence-electron chi connectivity index (χ1n) is 12.4. The average Bonchev–Trinajstić information content (AvgIpc) is 3.33. The fourth-order valence-electron chi connectivity index (χ4n) is 3.25. The summed E-state index contributed by atoms with van der Waals surface area (Å²) >= 11 is 0. The zero-order valence-corrected chi connectivity index (χ0v) is 26.5. The van der Waals surface area contributed by atoms with Gasteiger partial charge in [-0.05, 0) is 51.7 Å². The van der Waals surface area contributed by atoms with Gasteiger partial charge in [0.05, 0.1) is 12.6 Å². The molecule has 43 heavy (non-hydrogen) atoms. The van der Waals surface area contributed by atoms with Crippen LogP contribution >= 0.6 is 0 Å². The number of hydrogen-bond donors (Lipinski definition) is 3. The van der Waals surface area contributed by atoms with Crippen molar-refractivity contribution in [3.8, 4) is 0 Å². The van der Waals surface area contributed by atoms with Gasteiger partial charge in [-0.2, -0.15) is 0 Å². The summed E-state index contributed by atoms with van der Waals surface area (Å²) in [6.45, 7) is 7.41. The van der Waals surface area contributed by atoms with Gasteiger partial charge in [0.2, 0.25) is 0 Å². The van der Waals surface area contributed by atoms with Crippen LogP contribution in [0.25, 0.3) is 0 Å². The zero-order valence-electron chi connectivity index (χ0n) is 24.5. The standard InChI is InChI=1S/C13H12F2N2O2.C8H10F2N2.C7H10O4.Na/c1-7(9-4-3-5-10(14)13(9)15)17-12(19)6-11(16-17)8(2)18;1-5(12-11)6-3-2-4-7(9)8(6)10;1-3-11-7(10)6(9)4-5(2)8;/h3-7,16H,1-2H3;2-5,12H,11H2,1H3;4,9H,3H2,1-2H3;/q;;;+1/p-1/b;;6-4-;. The summed E-state index contributed by atoms with van der Waals surface area (Å²) in [6, 6.07) is 7.78. The van der Waals surface area contributed by atoms with Crippen molar-refractivity contribution in [1.82, 2.24) is 15.2 Å². The van der Waals surface area contributed by atoms with Gasteiger partial charge in [0.25, 0.3) is 5.56 Å². The van der Waals surface area contributed by atoms with Gasteiger partial charge in [-0.3, -0.25) is 30.8 Å². The van der Waals surface area contributed by atoms with E-state index >= 15 is 0 Å². The number of aromatic amines is 1. The molecule has 10 nitrogen and oxygen atoms in total. The van der Waals surface area contributed by atoms with Crippen LogP contribution in [0.2, 0.25) is 0 Å². The van der Waals surface area contributed by atoms with E-state index in [-0.39, 0.29) is 64.8 Å². The van der Waals surface area contributed by atoms with Gasteiger partial charge in [-0.1, -0.05) is 24.3 Å². The number of benzene rings is 2. The molecule has 3 rings (SSSR count). The SMILES string of the molecule is CC(=O)c1cc(=O)n(C(C)c2cccc(F)c2F)[nH]1.CC(NN)c1cccc(F)c1F.CCOC(=O)/C([O-])=C/C(C)=O.[Na+]. The maximum Gasteiger partial charge on any atom is 1.00 e. The third-order valence-corrected chi connectivity index (χ3v) is 5.45. The number of carbonyl (C=O) groups excluding carboxylic acids is 3. The number of carbonyl (C=O) groups is 3. The van der Waals surface area contributed by atoms with E-state index in [0.29, 0.717) is 6.08 Å². The predicted octanol–water partition coefficient (Wildman–Crippen LogP) is 0.142.